The predicted molar refractivity (Wildman–Crippen MR) is 75.2 cm³/mol. The average Bonchev–Trinajstić information content (AvgIpc) is 2.46. The fraction of sp³-hybridized carbons (Fsp3) is 0.562. The summed E-state index contributed by atoms with van der Waals surface area (Å²) in [4.78, 5) is 18.7. The van der Waals surface area contributed by atoms with E-state index in [0.717, 1.165) is 31.7 Å². The van der Waals surface area contributed by atoms with Gasteiger partial charge in [0.2, 0.25) is 0 Å². The second-order valence-corrected chi connectivity index (χ2v) is 6.10. The molecule has 0 N–H and O–H groups in total. The van der Waals surface area contributed by atoms with Crippen molar-refractivity contribution in [3.63, 3.8) is 0 Å². The number of hydrogen-bond donors (Lipinski definition) is 0. The zero-order valence-electron chi connectivity index (χ0n) is 12.1. The van der Waals surface area contributed by atoms with E-state index in [1.807, 2.05) is 0 Å². The molecule has 21 heavy (non-hydrogen) atoms. The van der Waals surface area contributed by atoms with Crippen LogP contribution in [-0.2, 0) is 0 Å². The molecule has 0 aromatic carbocycles. The molecule has 5 heteroatoms. The van der Waals surface area contributed by atoms with Gasteiger partial charge in [0.05, 0.1) is 0 Å². The quantitative estimate of drug-likeness (QED) is 0.784. The lowest BCUT2D eigenvalue weighted by Gasteiger charge is -2.46. The minimum Gasteiger partial charge on any atom is -0.300 e. The highest BCUT2D eigenvalue weighted by Gasteiger charge is 2.38. The van der Waals surface area contributed by atoms with E-state index in [0.29, 0.717) is 17.6 Å². The summed E-state index contributed by atoms with van der Waals surface area (Å²) < 4.78 is 13.6. The van der Waals surface area contributed by atoms with Gasteiger partial charge in [-0.05, 0) is 38.8 Å². The Labute approximate surface area is 123 Å². The molecule has 0 aliphatic carbocycles. The van der Waals surface area contributed by atoms with E-state index in [9.17, 15) is 9.18 Å². The topological polar surface area (TPSA) is 57.0 Å². The largest absolute Gasteiger partial charge is 0.300 e. The molecule has 2 aliphatic heterocycles. The Morgan fingerprint density at radius 3 is 2.67 bits per heavy atom. The molecule has 3 rings (SSSR count). The monoisotopic (exact) mass is 287 g/mol. The first-order valence-corrected chi connectivity index (χ1v) is 7.42. The van der Waals surface area contributed by atoms with Crippen molar-refractivity contribution in [3.05, 3.63) is 29.3 Å². The normalized spacial score (nSPS) is 28.9. The fourth-order valence-electron chi connectivity index (χ4n) is 3.72. The molecule has 110 valence electrons. The first-order valence-electron chi connectivity index (χ1n) is 7.42. The summed E-state index contributed by atoms with van der Waals surface area (Å²) in [7, 11) is 2.14. The summed E-state index contributed by atoms with van der Waals surface area (Å²) in [6, 6.07) is 3.75. The lowest BCUT2D eigenvalue weighted by atomic mass is 9.76. The van der Waals surface area contributed by atoms with Crippen LogP contribution in [-0.4, -0.2) is 34.8 Å². The van der Waals surface area contributed by atoms with Gasteiger partial charge in [0.1, 0.15) is 6.07 Å². The van der Waals surface area contributed by atoms with Crippen LogP contribution in [0.25, 0.3) is 0 Å². The first-order chi connectivity index (χ1) is 10.1. The molecule has 2 saturated heterocycles. The molecule has 2 bridgehead atoms. The first kappa shape index (κ1) is 14.2. The Balaban J connectivity index is 1.80. The number of fused-ring (bicyclic) bond motifs is 2. The summed E-state index contributed by atoms with van der Waals surface area (Å²) in [5.74, 6) is -0.794. The number of rotatable bonds is 2. The van der Waals surface area contributed by atoms with Crippen molar-refractivity contribution in [2.45, 2.75) is 44.2 Å². The summed E-state index contributed by atoms with van der Waals surface area (Å²) in [6.07, 6.45) is 6.51. The van der Waals surface area contributed by atoms with Crippen LogP contribution in [0.4, 0.5) is 4.39 Å². The van der Waals surface area contributed by atoms with Crippen LogP contribution in [0, 0.1) is 23.1 Å². The third kappa shape index (κ3) is 2.56. The van der Waals surface area contributed by atoms with Gasteiger partial charge in [-0.25, -0.2) is 9.37 Å². The second kappa shape index (κ2) is 5.53. The third-order valence-electron chi connectivity index (χ3n) is 4.94. The summed E-state index contributed by atoms with van der Waals surface area (Å²) in [6.45, 7) is 0. The van der Waals surface area contributed by atoms with Crippen molar-refractivity contribution in [2.75, 3.05) is 7.05 Å². The van der Waals surface area contributed by atoms with Gasteiger partial charge in [-0.1, -0.05) is 6.42 Å². The van der Waals surface area contributed by atoms with E-state index < -0.39 is 5.82 Å². The van der Waals surface area contributed by atoms with Crippen LogP contribution in [0.2, 0.25) is 0 Å². The molecule has 1 aromatic heterocycles. The Hall–Kier alpha value is -1.80. The Morgan fingerprint density at radius 2 is 2.10 bits per heavy atom. The number of nitrogens with zero attached hydrogens (tertiary/aromatic N) is 3. The smallest absolute Gasteiger partial charge is 0.176 e. The molecule has 0 amide bonds. The van der Waals surface area contributed by atoms with E-state index in [2.05, 4.69) is 16.9 Å². The Morgan fingerprint density at radius 1 is 1.43 bits per heavy atom. The number of piperidine rings is 2. The molecule has 0 spiro atoms. The number of carbonyl (C=O) groups excluding carboxylic acids is 1. The van der Waals surface area contributed by atoms with Crippen LogP contribution in [0.15, 0.2) is 12.3 Å². The van der Waals surface area contributed by atoms with E-state index in [4.69, 9.17) is 5.26 Å². The van der Waals surface area contributed by atoms with Crippen LogP contribution in [0.1, 0.15) is 48.2 Å². The number of aromatic nitrogens is 1. The summed E-state index contributed by atoms with van der Waals surface area (Å²) >= 11 is 0. The zero-order chi connectivity index (χ0) is 15.0. The van der Waals surface area contributed by atoms with Gasteiger partial charge >= 0.3 is 0 Å². The van der Waals surface area contributed by atoms with Crippen LogP contribution < -0.4 is 0 Å². The predicted octanol–water partition coefficient (Wildman–Crippen LogP) is 2.54. The number of nitriles is 1. The summed E-state index contributed by atoms with van der Waals surface area (Å²) in [5, 5.41) is 8.69. The highest BCUT2D eigenvalue weighted by Crippen LogP contribution is 2.37. The fourth-order valence-corrected chi connectivity index (χ4v) is 3.72. The van der Waals surface area contributed by atoms with Gasteiger partial charge in [-0.2, -0.15) is 5.26 Å². The van der Waals surface area contributed by atoms with Crippen LogP contribution in [0.5, 0.6) is 0 Å². The lowest BCUT2D eigenvalue weighted by molar-refractivity contribution is 0.0338. The van der Waals surface area contributed by atoms with Crippen molar-refractivity contribution in [1.82, 2.24) is 9.88 Å². The molecular weight excluding hydrogens is 269 g/mol. The number of carbonyl (C=O) groups is 1. The van der Waals surface area contributed by atoms with Crippen molar-refractivity contribution in [2.24, 2.45) is 5.92 Å². The molecule has 2 atom stereocenters. The number of pyridine rings is 1. The molecule has 0 saturated carbocycles. The minimum atomic E-state index is -0.712. The minimum absolute atomic E-state index is 0.0316. The second-order valence-electron chi connectivity index (χ2n) is 6.10. The van der Waals surface area contributed by atoms with E-state index in [1.54, 1.807) is 6.07 Å². The summed E-state index contributed by atoms with van der Waals surface area (Å²) in [5.41, 5.74) is 0.0333. The average molecular weight is 287 g/mol. The molecule has 2 fully saturated rings. The van der Waals surface area contributed by atoms with Gasteiger partial charge in [-0.3, -0.25) is 4.79 Å². The third-order valence-corrected chi connectivity index (χ3v) is 4.94. The Kier molecular flexibility index (Phi) is 3.73. The van der Waals surface area contributed by atoms with Crippen molar-refractivity contribution in [3.8, 4) is 6.07 Å². The number of Topliss-reactive ketones (excluding diaryl/α,β-unsaturated/α-hetero) is 1. The van der Waals surface area contributed by atoms with Gasteiger partial charge < -0.3 is 4.90 Å². The van der Waals surface area contributed by atoms with Gasteiger partial charge in [0.15, 0.2) is 17.3 Å². The number of hydrogen-bond acceptors (Lipinski definition) is 4. The zero-order valence-corrected chi connectivity index (χ0v) is 12.1. The van der Waals surface area contributed by atoms with Crippen LogP contribution in [0.3, 0.4) is 0 Å². The molecule has 4 nitrogen and oxygen atoms in total. The molecule has 2 unspecified atom stereocenters. The molecule has 1 aromatic rings. The maximum absolute atomic E-state index is 13.6. The van der Waals surface area contributed by atoms with Gasteiger partial charge in [0, 0.05) is 29.8 Å². The maximum Gasteiger partial charge on any atom is 0.176 e. The lowest BCUT2D eigenvalue weighted by Crippen LogP contribution is -2.51. The van der Waals surface area contributed by atoms with E-state index in [1.165, 1.54) is 12.6 Å². The number of halogens is 1. The highest BCUT2D eigenvalue weighted by atomic mass is 19.1. The standard InChI is InChI=1S/C16H18FN3O/c1-20-12-3-2-4-13(20)6-10(5-12)16(21)11-7-14(17)15(8-18)19-9-11/h7,9-10,12-13H,2-6H2,1H3. The van der Waals surface area contributed by atoms with E-state index in [-0.39, 0.29) is 17.4 Å². The Bertz CT molecular complexity index is 596. The van der Waals surface area contributed by atoms with Crippen molar-refractivity contribution < 1.29 is 9.18 Å². The SMILES string of the molecule is CN1C2CCCC1CC(C(=O)c1cnc(C#N)c(F)c1)C2. The van der Waals surface area contributed by atoms with Gasteiger partial charge in [-0.15, -0.1) is 0 Å². The van der Waals surface area contributed by atoms with Gasteiger partial charge in [0.25, 0.3) is 0 Å². The molecule has 3 heterocycles. The van der Waals surface area contributed by atoms with Crippen molar-refractivity contribution >= 4 is 5.78 Å². The maximum atomic E-state index is 13.6. The molecular formula is C16H18FN3O. The highest BCUT2D eigenvalue weighted by molar-refractivity contribution is 5.97. The number of ketones is 1. The van der Waals surface area contributed by atoms with Crippen molar-refractivity contribution in [1.29, 1.82) is 5.26 Å². The van der Waals surface area contributed by atoms with E-state index >= 15 is 0 Å². The van der Waals surface area contributed by atoms with Crippen LogP contribution >= 0.6 is 0 Å². The molecule has 0 radical (unpaired) electrons. The molecule has 2 aliphatic rings.